The number of carbonyl (C=O) groups is 2. The molecule has 7 heteroatoms. The predicted molar refractivity (Wildman–Crippen MR) is 173 cm³/mol. The molecule has 2 amide bonds. The monoisotopic (exact) mass is 566 g/mol. The van der Waals surface area contributed by atoms with Crippen molar-refractivity contribution in [3.63, 3.8) is 0 Å². The van der Waals surface area contributed by atoms with Crippen molar-refractivity contribution in [1.29, 1.82) is 0 Å². The molecule has 0 aliphatic carbocycles. The summed E-state index contributed by atoms with van der Waals surface area (Å²) in [5.74, 6) is 0.451. The van der Waals surface area contributed by atoms with Crippen LogP contribution in [0.25, 0.3) is 0 Å². The molecular formula is C34H54N4O3. The lowest BCUT2D eigenvalue weighted by Crippen LogP contribution is -2.59. The average Bonchev–Trinajstić information content (AvgIpc) is 3.54. The Bertz CT molecular complexity index is 1140. The molecule has 1 saturated heterocycles. The number of anilines is 1. The zero-order chi connectivity index (χ0) is 29.3. The first kappa shape index (κ1) is 33.9. The number of hydrogen-bond donors (Lipinski definition) is 2. The fourth-order valence-electron chi connectivity index (χ4n) is 5.47. The fourth-order valence-corrected chi connectivity index (χ4v) is 5.47. The maximum absolute atomic E-state index is 13.4. The molecule has 1 aromatic rings. The van der Waals surface area contributed by atoms with Crippen LogP contribution in [0.3, 0.4) is 0 Å². The quantitative estimate of drug-likeness (QED) is 0.377. The van der Waals surface area contributed by atoms with Crippen LogP contribution in [-0.4, -0.2) is 54.2 Å². The van der Waals surface area contributed by atoms with Gasteiger partial charge >= 0.3 is 0 Å². The lowest BCUT2D eigenvalue weighted by Gasteiger charge is -2.40. The van der Waals surface area contributed by atoms with Gasteiger partial charge in [0.2, 0.25) is 11.8 Å². The smallest absolute Gasteiger partial charge is 0.242 e. The number of nitrogens with one attached hydrogen (secondary N) is 2. The average molecular weight is 567 g/mol. The van der Waals surface area contributed by atoms with E-state index >= 15 is 0 Å². The third-order valence-electron chi connectivity index (χ3n) is 7.28. The molecule has 4 aliphatic heterocycles. The van der Waals surface area contributed by atoms with Gasteiger partial charge in [-0.3, -0.25) is 14.9 Å². The van der Waals surface area contributed by atoms with Crippen LogP contribution in [0.2, 0.25) is 0 Å². The van der Waals surface area contributed by atoms with Crippen molar-refractivity contribution in [2.45, 2.75) is 98.4 Å². The SMILES string of the molecule is C.C=CC.CC1C=CC2=CC(OC(C)CC3C(=O)N(CC(=O)N4CCCC4)c4ccccc43)=CNC2(C)N1.CCC.[HH]. The normalized spacial score (nSPS) is 24.5. The topological polar surface area (TPSA) is 73.9 Å². The number of carbonyl (C=O) groups excluding carboxylic acids is 2. The van der Waals surface area contributed by atoms with Crippen molar-refractivity contribution >= 4 is 17.5 Å². The van der Waals surface area contributed by atoms with Crippen LogP contribution < -0.4 is 15.5 Å². The first-order valence-electron chi connectivity index (χ1n) is 14.7. The molecule has 1 fully saturated rings. The molecule has 4 aliphatic rings. The molecule has 4 atom stereocenters. The molecule has 0 spiro atoms. The Labute approximate surface area is 249 Å². The summed E-state index contributed by atoms with van der Waals surface area (Å²) in [4.78, 5) is 29.8. The molecular weight excluding hydrogens is 512 g/mol. The van der Waals surface area contributed by atoms with E-state index in [2.05, 4.69) is 57.1 Å². The van der Waals surface area contributed by atoms with Crippen molar-refractivity contribution in [2.24, 2.45) is 0 Å². The van der Waals surface area contributed by atoms with Crippen molar-refractivity contribution in [3.8, 4) is 0 Å². The summed E-state index contributed by atoms with van der Waals surface area (Å²) < 4.78 is 6.25. The number of benzene rings is 1. The Morgan fingerprint density at radius 2 is 1.90 bits per heavy atom. The molecule has 0 aromatic heterocycles. The first-order valence-corrected chi connectivity index (χ1v) is 14.7. The highest BCUT2D eigenvalue weighted by atomic mass is 16.5. The van der Waals surface area contributed by atoms with Crippen molar-refractivity contribution in [2.75, 3.05) is 24.5 Å². The van der Waals surface area contributed by atoms with Gasteiger partial charge in [-0.1, -0.05) is 64.1 Å². The largest absolute Gasteiger partial charge is 0.489 e. The molecule has 0 bridgehead atoms. The zero-order valence-corrected chi connectivity index (χ0v) is 25.2. The standard InChI is InChI=1S/C27H34N4O3.C3H8.C3H6.CH4.H2/c1-18-10-11-20-15-21(16-28-27(20,3)29-18)34-19(2)14-23-22-8-4-5-9-24(22)31(26(23)33)17-25(32)30-12-6-7-13-30;2*1-3-2;;/h4-5,8-11,15-16,18-19,23,28-29H,6-7,12-14,17H2,1-3H3;3H2,1-2H3;3H,1H2,2H3;1H4;1H. The van der Waals surface area contributed by atoms with Crippen molar-refractivity contribution in [1.82, 2.24) is 15.5 Å². The Morgan fingerprint density at radius 1 is 1.27 bits per heavy atom. The molecule has 2 N–H and O–H groups in total. The number of ether oxygens (including phenoxy) is 1. The van der Waals surface area contributed by atoms with Gasteiger partial charge in [-0.2, -0.15) is 0 Å². The fraction of sp³-hybridized carbons (Fsp3) is 0.529. The van der Waals surface area contributed by atoms with E-state index in [1.54, 1.807) is 11.0 Å². The summed E-state index contributed by atoms with van der Waals surface area (Å²) >= 11 is 0. The van der Waals surface area contributed by atoms with Gasteiger partial charge in [0.05, 0.1) is 12.0 Å². The van der Waals surface area contributed by atoms with Gasteiger partial charge < -0.3 is 19.9 Å². The van der Waals surface area contributed by atoms with Gasteiger partial charge in [-0.15, -0.1) is 6.58 Å². The summed E-state index contributed by atoms with van der Waals surface area (Å²) in [5.41, 5.74) is 2.63. The van der Waals surface area contributed by atoms with Gasteiger partial charge in [0.25, 0.3) is 0 Å². The van der Waals surface area contributed by atoms with E-state index in [0.717, 1.165) is 48.5 Å². The minimum Gasteiger partial charge on any atom is -0.489 e. The number of hydrogen-bond acceptors (Lipinski definition) is 5. The van der Waals surface area contributed by atoms with E-state index in [1.807, 2.05) is 55.3 Å². The predicted octanol–water partition coefficient (Wildman–Crippen LogP) is 6.66. The van der Waals surface area contributed by atoms with Gasteiger partial charge in [-0.25, -0.2) is 0 Å². The van der Waals surface area contributed by atoms with Crippen LogP contribution in [0.15, 0.2) is 72.7 Å². The summed E-state index contributed by atoms with van der Waals surface area (Å²) in [6.45, 7) is 17.4. The molecule has 41 heavy (non-hydrogen) atoms. The van der Waals surface area contributed by atoms with Gasteiger partial charge in [0.15, 0.2) is 0 Å². The second kappa shape index (κ2) is 15.6. The molecule has 1 aromatic carbocycles. The van der Waals surface area contributed by atoms with Gasteiger partial charge in [-0.05, 0) is 70.2 Å². The molecule has 4 unspecified atom stereocenters. The van der Waals surface area contributed by atoms with Crippen molar-refractivity contribution < 1.29 is 15.8 Å². The summed E-state index contributed by atoms with van der Waals surface area (Å²) in [6.07, 6.45) is 13.7. The number of allylic oxidation sites excluding steroid dienone is 2. The van der Waals surface area contributed by atoms with E-state index in [-0.39, 0.29) is 50.9 Å². The second-order valence-electron chi connectivity index (χ2n) is 11.1. The Balaban J connectivity index is 0.00000102. The highest BCUT2D eigenvalue weighted by Gasteiger charge is 2.40. The lowest BCUT2D eigenvalue weighted by atomic mass is 9.92. The number of amides is 2. The first-order chi connectivity index (χ1) is 19.2. The maximum atomic E-state index is 13.4. The van der Waals surface area contributed by atoms with E-state index in [0.29, 0.717) is 6.42 Å². The van der Waals surface area contributed by atoms with E-state index in [9.17, 15) is 9.59 Å². The zero-order valence-electron chi connectivity index (χ0n) is 25.2. The van der Waals surface area contributed by atoms with E-state index in [4.69, 9.17) is 4.74 Å². The van der Waals surface area contributed by atoms with E-state index in [1.165, 1.54) is 6.42 Å². The van der Waals surface area contributed by atoms with Crippen LogP contribution >= 0.6 is 0 Å². The Morgan fingerprint density at radius 3 is 2.56 bits per heavy atom. The van der Waals surface area contributed by atoms with Crippen LogP contribution in [0.1, 0.15) is 87.6 Å². The number of para-hydroxylation sites is 1. The molecule has 0 saturated carbocycles. The Hall–Kier alpha value is -3.32. The minimum absolute atomic E-state index is 0. The Kier molecular flexibility index (Phi) is 12.9. The second-order valence-corrected chi connectivity index (χ2v) is 11.1. The number of dihydropyridines is 1. The van der Waals surface area contributed by atoms with Gasteiger partial charge in [0.1, 0.15) is 18.0 Å². The van der Waals surface area contributed by atoms with Crippen LogP contribution in [0, 0.1) is 0 Å². The summed E-state index contributed by atoms with van der Waals surface area (Å²) in [5, 5.41) is 6.96. The molecule has 0 radical (unpaired) electrons. The highest BCUT2D eigenvalue weighted by Crippen LogP contribution is 2.40. The third-order valence-corrected chi connectivity index (χ3v) is 7.28. The number of nitrogens with zero attached hydrogens (tertiary/aromatic N) is 2. The van der Waals surface area contributed by atoms with Gasteiger partial charge in [0, 0.05) is 32.4 Å². The number of fused-ring (bicyclic) bond motifs is 2. The molecule has 5 rings (SSSR count). The lowest BCUT2D eigenvalue weighted by molar-refractivity contribution is -0.130. The highest BCUT2D eigenvalue weighted by molar-refractivity contribution is 6.08. The van der Waals surface area contributed by atoms with E-state index < -0.39 is 0 Å². The number of rotatable bonds is 6. The molecule has 7 nitrogen and oxygen atoms in total. The van der Waals surface area contributed by atoms with Crippen LogP contribution in [0.5, 0.6) is 0 Å². The third kappa shape index (κ3) is 8.35. The summed E-state index contributed by atoms with van der Waals surface area (Å²) in [6, 6.07) is 8.12. The number of likely N-dealkylation sites (tertiary alicyclic amines) is 1. The summed E-state index contributed by atoms with van der Waals surface area (Å²) in [7, 11) is 0. The maximum Gasteiger partial charge on any atom is 0.242 e. The molecule has 228 valence electrons. The molecule has 4 heterocycles. The minimum atomic E-state index is -0.315. The van der Waals surface area contributed by atoms with Crippen molar-refractivity contribution in [3.05, 3.63) is 78.2 Å². The van der Waals surface area contributed by atoms with Crippen LogP contribution in [0.4, 0.5) is 5.69 Å². The van der Waals surface area contributed by atoms with Crippen LogP contribution in [-0.2, 0) is 14.3 Å².